The molecular formula is C25H33FN2O4S. The summed E-state index contributed by atoms with van der Waals surface area (Å²) in [4.78, 5) is 38.5. The van der Waals surface area contributed by atoms with E-state index >= 15 is 0 Å². The number of benzene rings is 1. The molecule has 1 aromatic carbocycles. The van der Waals surface area contributed by atoms with E-state index in [-0.39, 0.29) is 23.0 Å². The normalized spacial score (nSPS) is 12.9. The molecule has 8 heteroatoms. The highest BCUT2D eigenvalue weighted by atomic mass is 32.2. The molecule has 33 heavy (non-hydrogen) atoms. The van der Waals surface area contributed by atoms with Crippen molar-refractivity contribution in [3.63, 3.8) is 0 Å². The molecular weight excluding hydrogens is 443 g/mol. The van der Waals surface area contributed by atoms with Crippen LogP contribution in [0, 0.1) is 11.7 Å². The SMILES string of the molecule is CCCC[C@H](NC(=O)[C@H](CC(C)C)NC(=O)c1cccc(F)c1)C(=O)CSCc1ccco1. The number of amides is 2. The van der Waals surface area contributed by atoms with Crippen LogP contribution in [0.5, 0.6) is 0 Å². The monoisotopic (exact) mass is 476 g/mol. The topological polar surface area (TPSA) is 88.4 Å². The van der Waals surface area contributed by atoms with Crippen molar-refractivity contribution in [3.05, 3.63) is 59.8 Å². The zero-order chi connectivity index (χ0) is 24.2. The molecule has 2 N–H and O–H groups in total. The molecule has 0 saturated carbocycles. The minimum absolute atomic E-state index is 0.0619. The van der Waals surface area contributed by atoms with Crippen LogP contribution in [0.2, 0.25) is 0 Å². The van der Waals surface area contributed by atoms with Crippen LogP contribution in [0.15, 0.2) is 47.1 Å². The molecule has 2 amide bonds. The molecule has 0 fully saturated rings. The zero-order valence-corrected chi connectivity index (χ0v) is 20.3. The Bertz CT molecular complexity index is 902. The lowest BCUT2D eigenvalue weighted by Crippen LogP contribution is -2.52. The third-order valence-corrected chi connectivity index (χ3v) is 6.01. The molecule has 0 aliphatic carbocycles. The molecule has 6 nitrogen and oxygen atoms in total. The molecule has 0 bridgehead atoms. The average Bonchev–Trinajstić information content (AvgIpc) is 3.29. The number of furan rings is 1. The molecule has 1 aromatic heterocycles. The van der Waals surface area contributed by atoms with E-state index in [1.165, 1.54) is 30.0 Å². The lowest BCUT2D eigenvalue weighted by molar-refractivity contribution is -0.128. The van der Waals surface area contributed by atoms with E-state index in [1.807, 2.05) is 26.8 Å². The Balaban J connectivity index is 2.02. The first-order valence-electron chi connectivity index (χ1n) is 11.3. The molecule has 0 saturated heterocycles. The summed E-state index contributed by atoms with van der Waals surface area (Å²) in [6.45, 7) is 5.91. The Morgan fingerprint density at radius 3 is 2.52 bits per heavy atom. The Labute approximate surface area is 199 Å². The van der Waals surface area contributed by atoms with Crippen molar-refractivity contribution in [3.8, 4) is 0 Å². The molecule has 180 valence electrons. The van der Waals surface area contributed by atoms with Gasteiger partial charge in [-0.3, -0.25) is 14.4 Å². The van der Waals surface area contributed by atoms with Gasteiger partial charge in [-0.05, 0) is 49.1 Å². The number of carbonyl (C=O) groups is 3. The number of ketones is 1. The van der Waals surface area contributed by atoms with Crippen molar-refractivity contribution < 1.29 is 23.2 Å². The third-order valence-electron chi connectivity index (χ3n) is 5.04. The van der Waals surface area contributed by atoms with E-state index in [0.29, 0.717) is 18.6 Å². The van der Waals surface area contributed by atoms with Crippen LogP contribution in [-0.4, -0.2) is 35.4 Å². The molecule has 0 aliphatic heterocycles. The number of nitrogens with one attached hydrogen (secondary N) is 2. The molecule has 2 aromatic rings. The molecule has 2 atom stereocenters. The summed E-state index contributed by atoms with van der Waals surface area (Å²) in [7, 11) is 0. The van der Waals surface area contributed by atoms with Crippen LogP contribution in [0.4, 0.5) is 4.39 Å². The lowest BCUT2D eigenvalue weighted by Gasteiger charge is -2.24. The van der Waals surface area contributed by atoms with Gasteiger partial charge in [-0.25, -0.2) is 4.39 Å². The fourth-order valence-corrected chi connectivity index (χ4v) is 4.19. The highest BCUT2D eigenvalue weighted by Crippen LogP contribution is 2.15. The fourth-order valence-electron chi connectivity index (χ4n) is 3.32. The van der Waals surface area contributed by atoms with Crippen molar-refractivity contribution in [2.75, 3.05) is 5.75 Å². The molecule has 0 radical (unpaired) electrons. The lowest BCUT2D eigenvalue weighted by atomic mass is 10.0. The summed E-state index contributed by atoms with van der Waals surface area (Å²) < 4.78 is 18.8. The van der Waals surface area contributed by atoms with Gasteiger partial charge in [-0.2, -0.15) is 0 Å². The van der Waals surface area contributed by atoms with E-state index < -0.39 is 29.7 Å². The van der Waals surface area contributed by atoms with Gasteiger partial charge in [0.25, 0.3) is 5.91 Å². The van der Waals surface area contributed by atoms with E-state index in [0.717, 1.165) is 24.7 Å². The molecule has 2 rings (SSSR count). The van der Waals surface area contributed by atoms with Gasteiger partial charge in [0.1, 0.15) is 17.6 Å². The standard InChI is InChI=1S/C25H33FN2O4S/c1-4-5-11-21(23(29)16-33-15-20-10-7-12-32-20)27-25(31)22(13-17(2)3)28-24(30)18-8-6-9-19(26)14-18/h6-10,12,14,17,21-22H,4-5,11,13,15-16H2,1-3H3,(H,27,31)(H,28,30)/t21-,22-/m0/s1. The second kappa shape index (κ2) is 13.8. The number of Topliss-reactive ketones (excluding diaryl/α,β-unsaturated/α-hetero) is 1. The summed E-state index contributed by atoms with van der Waals surface area (Å²) in [5.74, 6) is 0.228. The number of carbonyl (C=O) groups excluding carboxylic acids is 3. The van der Waals surface area contributed by atoms with Crippen LogP contribution in [0.25, 0.3) is 0 Å². The quantitative estimate of drug-likeness (QED) is 0.411. The van der Waals surface area contributed by atoms with Gasteiger partial charge in [-0.1, -0.05) is 39.7 Å². The molecule has 0 aliphatic rings. The summed E-state index contributed by atoms with van der Waals surface area (Å²) in [5.41, 5.74) is 0.143. The van der Waals surface area contributed by atoms with Gasteiger partial charge >= 0.3 is 0 Å². The number of hydrogen-bond acceptors (Lipinski definition) is 5. The predicted octanol–water partition coefficient (Wildman–Crippen LogP) is 4.74. The van der Waals surface area contributed by atoms with Crippen LogP contribution < -0.4 is 10.6 Å². The molecule has 0 unspecified atom stereocenters. The maximum atomic E-state index is 13.5. The van der Waals surface area contributed by atoms with Crippen molar-refractivity contribution >= 4 is 29.4 Å². The Morgan fingerprint density at radius 2 is 1.88 bits per heavy atom. The van der Waals surface area contributed by atoms with E-state index in [9.17, 15) is 18.8 Å². The van der Waals surface area contributed by atoms with Gasteiger partial charge in [-0.15, -0.1) is 11.8 Å². The second-order valence-corrected chi connectivity index (χ2v) is 9.39. The smallest absolute Gasteiger partial charge is 0.252 e. The summed E-state index contributed by atoms with van der Waals surface area (Å²) in [6, 6.07) is 7.53. The maximum absolute atomic E-state index is 13.5. The fraction of sp³-hybridized carbons (Fsp3) is 0.480. The van der Waals surface area contributed by atoms with E-state index in [2.05, 4.69) is 10.6 Å². The number of unbranched alkanes of at least 4 members (excludes halogenated alkanes) is 1. The highest BCUT2D eigenvalue weighted by molar-refractivity contribution is 7.99. The van der Waals surface area contributed by atoms with Crippen molar-refractivity contribution in [2.45, 2.75) is 64.3 Å². The largest absolute Gasteiger partial charge is 0.468 e. The van der Waals surface area contributed by atoms with Crippen molar-refractivity contribution in [1.82, 2.24) is 10.6 Å². The Hall–Kier alpha value is -2.61. The second-order valence-electron chi connectivity index (χ2n) is 8.41. The Kier molecular flexibility index (Phi) is 11.2. The third kappa shape index (κ3) is 9.42. The van der Waals surface area contributed by atoms with Gasteiger partial charge in [0.05, 0.1) is 23.8 Å². The Morgan fingerprint density at radius 1 is 1.09 bits per heavy atom. The van der Waals surface area contributed by atoms with Crippen molar-refractivity contribution in [1.29, 1.82) is 0 Å². The first kappa shape index (κ1) is 26.6. The minimum atomic E-state index is -0.825. The van der Waals surface area contributed by atoms with Gasteiger partial charge < -0.3 is 15.1 Å². The van der Waals surface area contributed by atoms with Gasteiger partial charge in [0.2, 0.25) is 5.91 Å². The first-order valence-corrected chi connectivity index (χ1v) is 12.4. The maximum Gasteiger partial charge on any atom is 0.252 e. The minimum Gasteiger partial charge on any atom is -0.468 e. The van der Waals surface area contributed by atoms with Crippen molar-refractivity contribution in [2.24, 2.45) is 5.92 Å². The van der Waals surface area contributed by atoms with Gasteiger partial charge in [0.15, 0.2) is 5.78 Å². The number of hydrogen-bond donors (Lipinski definition) is 2. The average molecular weight is 477 g/mol. The summed E-state index contributed by atoms with van der Waals surface area (Å²) >= 11 is 1.44. The first-order chi connectivity index (χ1) is 15.8. The van der Waals surface area contributed by atoms with Crippen LogP contribution >= 0.6 is 11.8 Å². The van der Waals surface area contributed by atoms with Crippen LogP contribution in [0.3, 0.4) is 0 Å². The van der Waals surface area contributed by atoms with E-state index in [1.54, 1.807) is 12.3 Å². The molecule has 0 spiro atoms. The van der Waals surface area contributed by atoms with Crippen LogP contribution in [0.1, 0.15) is 62.6 Å². The summed E-state index contributed by atoms with van der Waals surface area (Å²) in [5, 5.41) is 5.56. The number of halogens is 1. The zero-order valence-electron chi connectivity index (χ0n) is 19.4. The van der Waals surface area contributed by atoms with E-state index in [4.69, 9.17) is 4.42 Å². The predicted molar refractivity (Wildman–Crippen MR) is 128 cm³/mol. The van der Waals surface area contributed by atoms with Gasteiger partial charge in [0, 0.05) is 5.56 Å². The van der Waals surface area contributed by atoms with Crippen LogP contribution in [-0.2, 0) is 15.3 Å². The molecule has 1 heterocycles. The number of thioether (sulfide) groups is 1. The number of rotatable bonds is 14. The highest BCUT2D eigenvalue weighted by Gasteiger charge is 2.27. The summed E-state index contributed by atoms with van der Waals surface area (Å²) in [6.07, 6.45) is 4.22.